The number of anilines is 1. The minimum absolute atomic E-state index is 0.623. The van der Waals surface area contributed by atoms with E-state index in [1.807, 2.05) is 25.3 Å². The Morgan fingerprint density at radius 3 is 2.88 bits per heavy atom. The van der Waals surface area contributed by atoms with Crippen molar-refractivity contribution in [1.82, 2.24) is 9.97 Å². The number of benzene rings is 1. The molecule has 2 heterocycles. The molecule has 0 radical (unpaired) electrons. The zero-order chi connectivity index (χ0) is 11.1. The third-order valence-corrected chi connectivity index (χ3v) is 3.46. The number of nitrogens with zero attached hydrogens (tertiary/aromatic N) is 1. The van der Waals surface area contributed by atoms with Gasteiger partial charge in [-0.1, -0.05) is 18.2 Å². The third-order valence-electron chi connectivity index (χ3n) is 2.66. The first-order valence-electron chi connectivity index (χ1n) is 5.05. The fraction of sp³-hybridized carbons (Fsp3) is 0.0833. The summed E-state index contributed by atoms with van der Waals surface area (Å²) < 4.78 is 0. The lowest BCUT2D eigenvalue weighted by atomic mass is 10.1. The summed E-state index contributed by atoms with van der Waals surface area (Å²) in [6.45, 7) is 2.05. The summed E-state index contributed by atoms with van der Waals surface area (Å²) in [7, 11) is 0. The number of nitrogen functional groups attached to an aromatic ring is 1. The van der Waals surface area contributed by atoms with Crippen molar-refractivity contribution in [2.75, 3.05) is 5.73 Å². The number of aromatic nitrogens is 2. The molecular weight excluding hydrogens is 218 g/mol. The van der Waals surface area contributed by atoms with Crippen LogP contribution in [0.5, 0.6) is 0 Å². The Hall–Kier alpha value is -1.81. The molecule has 80 valence electrons. The molecule has 16 heavy (non-hydrogen) atoms. The molecule has 3 rings (SSSR count). The average molecular weight is 229 g/mol. The molecular formula is C12H11N3S. The minimum atomic E-state index is 0.623. The summed E-state index contributed by atoms with van der Waals surface area (Å²) in [4.78, 5) is 8.78. The Morgan fingerprint density at radius 1 is 1.31 bits per heavy atom. The lowest BCUT2D eigenvalue weighted by molar-refractivity contribution is 1.38. The topological polar surface area (TPSA) is 54.7 Å². The van der Waals surface area contributed by atoms with Crippen molar-refractivity contribution in [2.45, 2.75) is 6.92 Å². The van der Waals surface area contributed by atoms with Crippen molar-refractivity contribution >= 4 is 27.4 Å². The molecule has 4 heteroatoms. The molecule has 0 aliphatic rings. The first kappa shape index (κ1) is 9.42. The van der Waals surface area contributed by atoms with E-state index >= 15 is 0 Å². The molecule has 0 atom stereocenters. The lowest BCUT2D eigenvalue weighted by Gasteiger charge is -1.95. The highest BCUT2D eigenvalue weighted by molar-refractivity contribution is 7.15. The van der Waals surface area contributed by atoms with Gasteiger partial charge in [-0.15, -0.1) is 11.3 Å². The number of fused-ring (bicyclic) bond motifs is 1. The Labute approximate surface area is 96.9 Å². The average Bonchev–Trinajstić information content (AvgIpc) is 2.81. The van der Waals surface area contributed by atoms with E-state index in [-0.39, 0.29) is 0 Å². The Kier molecular flexibility index (Phi) is 1.97. The van der Waals surface area contributed by atoms with E-state index in [1.165, 1.54) is 16.7 Å². The molecule has 3 N–H and O–H groups in total. The molecule has 0 amide bonds. The maximum Gasteiger partial charge on any atom is 0.180 e. The minimum Gasteiger partial charge on any atom is -0.375 e. The van der Waals surface area contributed by atoms with Crippen molar-refractivity contribution in [3.63, 3.8) is 0 Å². The number of H-pyrrole nitrogens is 1. The van der Waals surface area contributed by atoms with Gasteiger partial charge in [-0.3, -0.25) is 0 Å². The number of hydrogen-bond acceptors (Lipinski definition) is 3. The number of aromatic amines is 1. The van der Waals surface area contributed by atoms with E-state index < -0.39 is 0 Å². The number of thiazole rings is 1. The van der Waals surface area contributed by atoms with E-state index in [2.05, 4.69) is 22.1 Å². The van der Waals surface area contributed by atoms with Crippen LogP contribution in [0.1, 0.15) is 4.88 Å². The van der Waals surface area contributed by atoms with Crippen LogP contribution in [0.3, 0.4) is 0 Å². The number of nitrogens with two attached hydrogens (primary N) is 1. The fourth-order valence-electron chi connectivity index (χ4n) is 1.93. The van der Waals surface area contributed by atoms with Gasteiger partial charge in [-0.25, -0.2) is 4.98 Å². The van der Waals surface area contributed by atoms with E-state index in [1.54, 1.807) is 0 Å². The van der Waals surface area contributed by atoms with Crippen molar-refractivity contribution in [2.24, 2.45) is 0 Å². The predicted octanol–water partition coefficient (Wildman–Crippen LogP) is 3.18. The van der Waals surface area contributed by atoms with Crippen LogP contribution in [0, 0.1) is 6.92 Å². The van der Waals surface area contributed by atoms with Gasteiger partial charge >= 0.3 is 0 Å². The van der Waals surface area contributed by atoms with Crippen molar-refractivity contribution in [3.8, 4) is 11.3 Å². The molecule has 0 saturated carbocycles. The van der Waals surface area contributed by atoms with E-state index in [9.17, 15) is 0 Å². The Morgan fingerprint density at radius 2 is 2.12 bits per heavy atom. The fourth-order valence-corrected chi connectivity index (χ4v) is 2.64. The van der Waals surface area contributed by atoms with Crippen molar-refractivity contribution in [1.29, 1.82) is 0 Å². The van der Waals surface area contributed by atoms with Crippen LogP contribution in [0.2, 0.25) is 0 Å². The molecule has 0 unspecified atom stereocenters. The van der Waals surface area contributed by atoms with Gasteiger partial charge in [0.2, 0.25) is 0 Å². The predicted molar refractivity (Wildman–Crippen MR) is 68.6 cm³/mol. The molecule has 0 saturated heterocycles. The van der Waals surface area contributed by atoms with Crippen LogP contribution in [0.15, 0.2) is 30.5 Å². The quantitative estimate of drug-likeness (QED) is 0.673. The second-order valence-corrected chi connectivity index (χ2v) is 4.94. The third kappa shape index (κ3) is 1.31. The highest BCUT2D eigenvalue weighted by atomic mass is 32.1. The molecule has 3 aromatic rings. The molecule has 1 aromatic carbocycles. The van der Waals surface area contributed by atoms with Gasteiger partial charge in [0, 0.05) is 27.5 Å². The van der Waals surface area contributed by atoms with Gasteiger partial charge in [-0.05, 0) is 13.0 Å². The van der Waals surface area contributed by atoms with Gasteiger partial charge < -0.3 is 10.7 Å². The van der Waals surface area contributed by atoms with Gasteiger partial charge in [-0.2, -0.15) is 0 Å². The second-order valence-electron chi connectivity index (χ2n) is 3.70. The highest BCUT2D eigenvalue weighted by Crippen LogP contribution is 2.33. The number of rotatable bonds is 1. The second kappa shape index (κ2) is 3.35. The summed E-state index contributed by atoms with van der Waals surface area (Å²) in [5.74, 6) is 0. The summed E-state index contributed by atoms with van der Waals surface area (Å²) in [6, 6.07) is 8.20. The standard InChI is InChI=1S/C12H11N3S/c1-7-11(15-12(13)16-7)9-6-14-10-5-3-2-4-8(9)10/h2-6,14H,1H3,(H2,13,15). The number of aryl methyl sites for hydroxylation is 1. The van der Waals surface area contributed by atoms with Gasteiger partial charge in [0.05, 0.1) is 5.69 Å². The summed E-state index contributed by atoms with van der Waals surface area (Å²) in [5.41, 5.74) is 8.97. The number of para-hydroxylation sites is 1. The number of hydrogen-bond donors (Lipinski definition) is 2. The normalized spacial score (nSPS) is 11.1. The maximum atomic E-state index is 5.73. The largest absolute Gasteiger partial charge is 0.375 e. The molecule has 0 spiro atoms. The zero-order valence-corrected chi connectivity index (χ0v) is 9.64. The highest BCUT2D eigenvalue weighted by Gasteiger charge is 2.12. The molecule has 0 aliphatic carbocycles. The zero-order valence-electron chi connectivity index (χ0n) is 8.82. The first-order valence-corrected chi connectivity index (χ1v) is 5.87. The van der Waals surface area contributed by atoms with Gasteiger partial charge in [0.25, 0.3) is 0 Å². The van der Waals surface area contributed by atoms with Crippen LogP contribution in [-0.4, -0.2) is 9.97 Å². The van der Waals surface area contributed by atoms with Crippen LogP contribution in [-0.2, 0) is 0 Å². The molecule has 0 aliphatic heterocycles. The number of nitrogens with one attached hydrogen (secondary N) is 1. The molecule has 0 fully saturated rings. The van der Waals surface area contributed by atoms with E-state index in [4.69, 9.17) is 5.73 Å². The molecule has 0 bridgehead atoms. The van der Waals surface area contributed by atoms with E-state index in [0.717, 1.165) is 21.7 Å². The van der Waals surface area contributed by atoms with E-state index in [0.29, 0.717) is 5.13 Å². The first-order chi connectivity index (χ1) is 7.75. The Balaban J connectivity index is 2.30. The molecule has 3 nitrogen and oxygen atoms in total. The summed E-state index contributed by atoms with van der Waals surface area (Å²) in [6.07, 6.45) is 1.99. The summed E-state index contributed by atoms with van der Waals surface area (Å²) >= 11 is 1.53. The van der Waals surface area contributed by atoms with Crippen molar-refractivity contribution < 1.29 is 0 Å². The Bertz CT molecular complexity index is 651. The van der Waals surface area contributed by atoms with Crippen LogP contribution >= 0.6 is 11.3 Å². The maximum absolute atomic E-state index is 5.73. The van der Waals surface area contributed by atoms with Gasteiger partial charge in [0.1, 0.15) is 0 Å². The van der Waals surface area contributed by atoms with Crippen LogP contribution < -0.4 is 5.73 Å². The monoisotopic (exact) mass is 229 g/mol. The van der Waals surface area contributed by atoms with Gasteiger partial charge in [0.15, 0.2) is 5.13 Å². The van der Waals surface area contributed by atoms with Crippen LogP contribution in [0.4, 0.5) is 5.13 Å². The van der Waals surface area contributed by atoms with Crippen LogP contribution in [0.25, 0.3) is 22.2 Å². The smallest absolute Gasteiger partial charge is 0.180 e. The molecule has 2 aromatic heterocycles. The SMILES string of the molecule is Cc1sc(N)nc1-c1c[nH]c2ccccc12. The van der Waals surface area contributed by atoms with Crippen molar-refractivity contribution in [3.05, 3.63) is 35.3 Å². The summed E-state index contributed by atoms with van der Waals surface area (Å²) in [5, 5.41) is 1.81. The lowest BCUT2D eigenvalue weighted by Crippen LogP contribution is -1.82.